The quantitative estimate of drug-likeness (QED) is 0.830. The number of methoxy groups -OCH3 is 1. The molecule has 0 saturated heterocycles. The van der Waals surface area contributed by atoms with Crippen LogP contribution in [0, 0.1) is 13.8 Å². The summed E-state index contributed by atoms with van der Waals surface area (Å²) in [7, 11) is 1.62. The summed E-state index contributed by atoms with van der Waals surface area (Å²) in [6.07, 6.45) is 0.660. The van der Waals surface area contributed by atoms with Crippen LogP contribution in [-0.2, 0) is 16.0 Å². The SMILES string of the molecule is COc1cccc(CCN(CC(=O)Nc2cccc(C)c2C)C(C)=O)c1. The van der Waals surface area contributed by atoms with Gasteiger partial charge in [-0.15, -0.1) is 0 Å². The van der Waals surface area contributed by atoms with Gasteiger partial charge in [0.2, 0.25) is 11.8 Å². The van der Waals surface area contributed by atoms with Gasteiger partial charge < -0.3 is 15.0 Å². The number of nitrogens with one attached hydrogen (secondary N) is 1. The van der Waals surface area contributed by atoms with Crippen LogP contribution in [0.1, 0.15) is 23.6 Å². The van der Waals surface area contributed by atoms with Crippen LogP contribution in [0.2, 0.25) is 0 Å². The minimum Gasteiger partial charge on any atom is -0.497 e. The molecule has 0 saturated carbocycles. The summed E-state index contributed by atoms with van der Waals surface area (Å²) in [6.45, 7) is 5.96. The fourth-order valence-electron chi connectivity index (χ4n) is 2.69. The van der Waals surface area contributed by atoms with Crippen molar-refractivity contribution in [1.82, 2.24) is 4.90 Å². The van der Waals surface area contributed by atoms with E-state index in [1.807, 2.05) is 56.3 Å². The normalized spacial score (nSPS) is 10.3. The first-order valence-electron chi connectivity index (χ1n) is 8.65. The second-order valence-electron chi connectivity index (χ2n) is 6.34. The Balaban J connectivity index is 1.97. The van der Waals surface area contributed by atoms with Gasteiger partial charge >= 0.3 is 0 Å². The molecule has 0 fully saturated rings. The average molecular weight is 354 g/mol. The first-order valence-corrected chi connectivity index (χ1v) is 8.65. The Hall–Kier alpha value is -2.82. The lowest BCUT2D eigenvalue weighted by molar-refractivity contribution is -0.132. The zero-order valence-corrected chi connectivity index (χ0v) is 15.8. The van der Waals surface area contributed by atoms with Crippen molar-refractivity contribution in [1.29, 1.82) is 0 Å². The highest BCUT2D eigenvalue weighted by atomic mass is 16.5. The third kappa shape index (κ3) is 5.34. The molecular formula is C21H26N2O3. The van der Waals surface area contributed by atoms with Crippen LogP contribution in [0.4, 0.5) is 5.69 Å². The molecule has 0 aliphatic carbocycles. The molecule has 2 aromatic rings. The third-order valence-corrected chi connectivity index (χ3v) is 4.46. The van der Waals surface area contributed by atoms with Gasteiger partial charge in [0.15, 0.2) is 0 Å². The van der Waals surface area contributed by atoms with Gasteiger partial charge in [0, 0.05) is 19.2 Å². The Labute approximate surface area is 155 Å². The van der Waals surface area contributed by atoms with Crippen molar-refractivity contribution in [2.24, 2.45) is 0 Å². The summed E-state index contributed by atoms with van der Waals surface area (Å²) in [5.41, 5.74) is 3.99. The lowest BCUT2D eigenvalue weighted by atomic mass is 10.1. The van der Waals surface area contributed by atoms with Crippen LogP contribution in [-0.4, -0.2) is 36.9 Å². The first kappa shape index (κ1) is 19.5. The van der Waals surface area contributed by atoms with Crippen LogP contribution in [0.5, 0.6) is 5.75 Å². The van der Waals surface area contributed by atoms with Crippen molar-refractivity contribution in [3.63, 3.8) is 0 Å². The lowest BCUT2D eigenvalue weighted by Gasteiger charge is -2.21. The predicted molar refractivity (Wildman–Crippen MR) is 103 cm³/mol. The van der Waals surface area contributed by atoms with E-state index in [-0.39, 0.29) is 18.4 Å². The van der Waals surface area contributed by atoms with E-state index in [0.717, 1.165) is 28.1 Å². The van der Waals surface area contributed by atoms with Gasteiger partial charge in [-0.3, -0.25) is 9.59 Å². The first-order chi connectivity index (χ1) is 12.4. The fraction of sp³-hybridized carbons (Fsp3) is 0.333. The molecule has 0 aromatic heterocycles. The number of ether oxygens (including phenoxy) is 1. The highest BCUT2D eigenvalue weighted by Gasteiger charge is 2.15. The zero-order valence-electron chi connectivity index (χ0n) is 15.8. The van der Waals surface area contributed by atoms with E-state index in [4.69, 9.17) is 4.74 Å². The number of aryl methyl sites for hydroxylation is 1. The number of rotatable bonds is 7. The molecule has 5 nitrogen and oxygen atoms in total. The molecule has 2 amide bonds. The van der Waals surface area contributed by atoms with Crippen LogP contribution < -0.4 is 10.1 Å². The van der Waals surface area contributed by atoms with Gasteiger partial charge in [-0.25, -0.2) is 0 Å². The highest BCUT2D eigenvalue weighted by molar-refractivity contribution is 5.95. The predicted octanol–water partition coefficient (Wildman–Crippen LogP) is 3.34. The molecule has 0 aliphatic heterocycles. The summed E-state index contributed by atoms with van der Waals surface area (Å²) in [4.78, 5) is 25.9. The minimum atomic E-state index is -0.195. The van der Waals surface area contributed by atoms with Gasteiger partial charge in [-0.2, -0.15) is 0 Å². The summed E-state index contributed by atoms with van der Waals surface area (Å²) in [5, 5.41) is 2.90. The monoisotopic (exact) mass is 354 g/mol. The number of nitrogens with zero attached hydrogens (tertiary/aromatic N) is 1. The molecule has 138 valence electrons. The van der Waals surface area contributed by atoms with Crippen molar-refractivity contribution in [3.05, 3.63) is 59.2 Å². The number of carbonyl (C=O) groups is 2. The molecule has 26 heavy (non-hydrogen) atoms. The Morgan fingerprint density at radius 2 is 1.85 bits per heavy atom. The van der Waals surface area contributed by atoms with Crippen LogP contribution in [0.25, 0.3) is 0 Å². The van der Waals surface area contributed by atoms with Crippen molar-refractivity contribution >= 4 is 17.5 Å². The molecule has 2 aromatic carbocycles. The Morgan fingerprint density at radius 1 is 1.12 bits per heavy atom. The van der Waals surface area contributed by atoms with Gasteiger partial charge in [0.25, 0.3) is 0 Å². The maximum Gasteiger partial charge on any atom is 0.244 e. The molecule has 0 atom stereocenters. The van der Waals surface area contributed by atoms with Gasteiger partial charge in [-0.1, -0.05) is 24.3 Å². The van der Waals surface area contributed by atoms with Crippen molar-refractivity contribution in [3.8, 4) is 5.75 Å². The van der Waals surface area contributed by atoms with Crippen molar-refractivity contribution in [2.75, 3.05) is 25.5 Å². The Bertz CT molecular complexity index is 787. The second kappa shape index (κ2) is 9.04. The van der Waals surface area contributed by atoms with Crippen LogP contribution in [0.15, 0.2) is 42.5 Å². The number of carbonyl (C=O) groups excluding carboxylic acids is 2. The summed E-state index contributed by atoms with van der Waals surface area (Å²) in [5.74, 6) is 0.466. The molecule has 2 rings (SSSR count). The van der Waals surface area contributed by atoms with E-state index in [1.165, 1.54) is 6.92 Å². The van der Waals surface area contributed by atoms with Crippen LogP contribution >= 0.6 is 0 Å². The fourth-order valence-corrected chi connectivity index (χ4v) is 2.69. The van der Waals surface area contributed by atoms with E-state index >= 15 is 0 Å². The molecule has 0 heterocycles. The average Bonchev–Trinajstić information content (AvgIpc) is 2.62. The van der Waals surface area contributed by atoms with E-state index in [0.29, 0.717) is 13.0 Å². The molecule has 0 radical (unpaired) electrons. The molecular weight excluding hydrogens is 328 g/mol. The summed E-state index contributed by atoms with van der Waals surface area (Å²) >= 11 is 0. The summed E-state index contributed by atoms with van der Waals surface area (Å²) in [6, 6.07) is 13.5. The van der Waals surface area contributed by atoms with Crippen molar-refractivity contribution < 1.29 is 14.3 Å². The Kier molecular flexibility index (Phi) is 6.78. The highest BCUT2D eigenvalue weighted by Crippen LogP contribution is 2.18. The lowest BCUT2D eigenvalue weighted by Crippen LogP contribution is -2.38. The Morgan fingerprint density at radius 3 is 2.54 bits per heavy atom. The topological polar surface area (TPSA) is 58.6 Å². The third-order valence-electron chi connectivity index (χ3n) is 4.46. The van der Waals surface area contributed by atoms with Gasteiger partial charge in [0.1, 0.15) is 5.75 Å². The number of amides is 2. The zero-order chi connectivity index (χ0) is 19.1. The number of hydrogen-bond donors (Lipinski definition) is 1. The van der Waals surface area contributed by atoms with E-state index in [9.17, 15) is 9.59 Å². The maximum absolute atomic E-state index is 12.4. The molecule has 5 heteroatoms. The molecule has 0 unspecified atom stereocenters. The largest absolute Gasteiger partial charge is 0.497 e. The van der Waals surface area contributed by atoms with E-state index in [2.05, 4.69) is 5.32 Å². The molecule has 1 N–H and O–H groups in total. The molecule has 0 bridgehead atoms. The maximum atomic E-state index is 12.4. The van der Waals surface area contributed by atoms with E-state index in [1.54, 1.807) is 12.0 Å². The molecule has 0 spiro atoms. The standard InChI is InChI=1S/C21H26N2O3/c1-15-7-5-10-20(16(15)2)22-21(25)14-23(17(3)24)12-11-18-8-6-9-19(13-18)26-4/h5-10,13H,11-12,14H2,1-4H3,(H,22,25). The second-order valence-corrected chi connectivity index (χ2v) is 6.34. The van der Waals surface area contributed by atoms with Crippen LogP contribution in [0.3, 0.4) is 0 Å². The summed E-state index contributed by atoms with van der Waals surface area (Å²) < 4.78 is 5.22. The molecule has 0 aliphatic rings. The minimum absolute atomic E-state index is 0.0344. The van der Waals surface area contributed by atoms with Gasteiger partial charge in [0.05, 0.1) is 13.7 Å². The van der Waals surface area contributed by atoms with Gasteiger partial charge in [-0.05, 0) is 55.2 Å². The van der Waals surface area contributed by atoms with Crippen molar-refractivity contribution in [2.45, 2.75) is 27.2 Å². The smallest absolute Gasteiger partial charge is 0.244 e. The van der Waals surface area contributed by atoms with E-state index < -0.39 is 0 Å². The number of hydrogen-bond acceptors (Lipinski definition) is 3. The number of benzene rings is 2. The number of anilines is 1.